The van der Waals surface area contributed by atoms with Crippen molar-refractivity contribution in [2.75, 3.05) is 0 Å². The molecule has 0 saturated heterocycles. The first-order chi connectivity index (χ1) is 3.91. The Balaban J connectivity index is 3.26. The van der Waals surface area contributed by atoms with E-state index in [0.717, 1.165) is 0 Å². The summed E-state index contributed by atoms with van der Waals surface area (Å²) in [4.78, 5) is 0. The summed E-state index contributed by atoms with van der Waals surface area (Å²) in [5.41, 5.74) is 0. The molecule has 0 aromatic carbocycles. The monoisotopic (exact) mass is 93.1 g/mol. The van der Waals surface area contributed by atoms with Crippen LogP contribution in [0.15, 0.2) is 0 Å². The zero-order valence-corrected chi connectivity index (χ0v) is 4.45. The fraction of sp³-hybridized carbons (Fsp3) is 0. The molecule has 0 spiro atoms. The van der Waals surface area contributed by atoms with Crippen LogP contribution in [0.2, 0.25) is 0 Å². The van der Waals surface area contributed by atoms with Crippen LogP contribution in [0.25, 0.3) is 0 Å². The summed E-state index contributed by atoms with van der Waals surface area (Å²) in [7, 11) is 11.0. The molecule has 1 nitrogen and oxygen atoms in total. The van der Waals surface area contributed by atoms with Crippen molar-refractivity contribution in [3.05, 3.63) is 0 Å². The summed E-state index contributed by atoms with van der Waals surface area (Å²) < 4.78 is 4.10. The van der Waals surface area contributed by atoms with Gasteiger partial charge in [0.05, 0.1) is 0 Å². The van der Waals surface area contributed by atoms with Crippen LogP contribution in [0.3, 0.4) is 0 Å². The molecule has 0 aliphatic heterocycles. The van der Waals surface area contributed by atoms with E-state index < -0.39 is 0 Å². The molecule has 0 atom stereocenters. The molecule has 0 saturated carbocycles. The third-order valence-corrected chi connectivity index (χ3v) is 0.490. The molecule has 8 heteroatoms. The van der Waals surface area contributed by atoms with Gasteiger partial charge in [-0.2, -0.15) is 0 Å². The van der Waals surface area contributed by atoms with E-state index in [1.807, 2.05) is 0 Å². The van der Waals surface area contributed by atoms with Crippen LogP contribution in [0.1, 0.15) is 0 Å². The van der Waals surface area contributed by atoms with Crippen LogP contribution in [-0.4, -0.2) is 49.2 Å². The first kappa shape index (κ1) is 8.25. The fourth-order valence-corrected chi connectivity index (χ4v) is 0.219. The molecule has 0 N–H and O–H groups in total. The minimum absolute atomic E-state index is 1.35. The molecular formula is B7O. The average Bonchev–Trinajstić information content (AvgIpc) is 1.81. The van der Waals surface area contributed by atoms with E-state index in [4.69, 9.17) is 7.37 Å². The van der Waals surface area contributed by atoms with Gasteiger partial charge in [0.15, 0.2) is 0 Å². The molecule has 0 heterocycles. The Hall–Kier alpha value is 0.255. The number of hydrogen-bond donors (Lipinski definition) is 0. The van der Waals surface area contributed by atoms with Gasteiger partial charge in [-0.25, -0.2) is 0 Å². The quantitative estimate of drug-likeness (QED) is 0.343. The maximum atomic E-state index is 4.99. The molecule has 0 amide bonds. The van der Waals surface area contributed by atoms with E-state index in [-0.39, 0.29) is 0 Å². The molecule has 0 aliphatic carbocycles. The van der Waals surface area contributed by atoms with E-state index >= 15 is 0 Å². The molecule has 8 heavy (non-hydrogen) atoms. The van der Waals surface area contributed by atoms with Crippen molar-refractivity contribution < 1.29 is 4.57 Å². The molecule has 0 fully saturated rings. The Kier molecular flexibility index (Phi) is 7.49. The fourth-order valence-electron chi connectivity index (χ4n) is 0.219. The van der Waals surface area contributed by atoms with Crippen LogP contribution in [0.5, 0.6) is 0 Å². The topological polar surface area (TPSA) is 9.23 Å². The first-order valence-electron chi connectivity index (χ1n) is 2.14. The molecule has 0 aliphatic rings. The first-order valence-corrected chi connectivity index (χ1v) is 2.14. The second kappa shape index (κ2) is 7.25. The van der Waals surface area contributed by atoms with Gasteiger partial charge in [0.2, 0.25) is 0 Å². The van der Waals surface area contributed by atoms with Crippen LogP contribution >= 0.6 is 0 Å². The Morgan fingerprint density at radius 1 is 1.12 bits per heavy atom. The van der Waals surface area contributed by atoms with Crippen molar-refractivity contribution in [2.24, 2.45) is 0 Å². The molecule has 0 aromatic heterocycles. The summed E-state index contributed by atoms with van der Waals surface area (Å²) in [6.07, 6.45) is 0. The van der Waals surface area contributed by atoms with Gasteiger partial charge in [0, 0.05) is 0 Å². The van der Waals surface area contributed by atoms with Crippen molar-refractivity contribution in [1.29, 1.82) is 0 Å². The summed E-state index contributed by atoms with van der Waals surface area (Å²) in [5.74, 6) is 0. The second-order valence-electron chi connectivity index (χ2n) is 1.04. The third kappa shape index (κ3) is 6.25. The predicted molar refractivity (Wildman–Crippen MR) is 41.4 cm³/mol. The SMILES string of the molecule is [B]OB=BB=BB=[B]. The summed E-state index contributed by atoms with van der Waals surface area (Å²) in [5, 5.41) is 0. The normalized spacial score (nSPS) is 5.88. The van der Waals surface area contributed by atoms with Gasteiger partial charge in [-0.05, 0) is 0 Å². The predicted octanol–water partition coefficient (Wildman–Crippen LogP) is -2.73. The molecule has 27 valence electrons. The Morgan fingerprint density at radius 2 is 1.88 bits per heavy atom. The maximum absolute atomic E-state index is 4.99. The summed E-state index contributed by atoms with van der Waals surface area (Å²) in [6.45, 7) is 6.41. The number of rotatable bonds is 3. The van der Waals surface area contributed by atoms with Crippen molar-refractivity contribution in [2.45, 2.75) is 0 Å². The van der Waals surface area contributed by atoms with Gasteiger partial charge < -0.3 is 0 Å². The molecule has 0 aromatic rings. The van der Waals surface area contributed by atoms with Crippen LogP contribution < -0.4 is 0 Å². The van der Waals surface area contributed by atoms with E-state index in [1.165, 1.54) is 13.7 Å². The zero-order valence-electron chi connectivity index (χ0n) is 4.45. The van der Waals surface area contributed by atoms with Gasteiger partial charge in [-0.3, -0.25) is 0 Å². The van der Waals surface area contributed by atoms with Crippen molar-refractivity contribution in [3.8, 4) is 0 Å². The zero-order chi connectivity index (χ0) is 6.24. The van der Waals surface area contributed by atoms with E-state index in [9.17, 15) is 0 Å². The van der Waals surface area contributed by atoms with Crippen molar-refractivity contribution >= 4 is 49.2 Å². The average molecular weight is 91.7 g/mol. The number of hydrogen-bond acceptors (Lipinski definition) is 1. The molecular weight excluding hydrogens is 91.7 g/mol. The molecule has 3 radical (unpaired) electrons. The van der Waals surface area contributed by atoms with Crippen LogP contribution in [-0.2, 0) is 4.57 Å². The van der Waals surface area contributed by atoms with Gasteiger partial charge in [-0.15, -0.1) is 0 Å². The second-order valence-corrected chi connectivity index (χ2v) is 1.04. The third-order valence-electron chi connectivity index (χ3n) is 0.490. The molecule has 0 bridgehead atoms. The molecule has 0 rings (SSSR count). The van der Waals surface area contributed by atoms with Gasteiger partial charge in [0.1, 0.15) is 0 Å². The van der Waals surface area contributed by atoms with Crippen LogP contribution in [0.4, 0.5) is 0 Å². The van der Waals surface area contributed by atoms with Crippen LogP contribution in [0, 0.1) is 0 Å². The van der Waals surface area contributed by atoms with E-state index in [2.05, 4.69) is 12.6 Å². The van der Waals surface area contributed by atoms with Gasteiger partial charge >= 0.3 is 53.8 Å². The summed E-state index contributed by atoms with van der Waals surface area (Å²) >= 11 is 0. The van der Waals surface area contributed by atoms with Gasteiger partial charge in [0.25, 0.3) is 0 Å². The summed E-state index contributed by atoms with van der Waals surface area (Å²) in [6, 6.07) is 0. The minimum atomic E-state index is 1.35. The Bertz CT molecular complexity index is 101. The van der Waals surface area contributed by atoms with E-state index in [0.29, 0.717) is 0 Å². The molecule has 0 unspecified atom stereocenters. The van der Waals surface area contributed by atoms with Crippen molar-refractivity contribution in [1.82, 2.24) is 0 Å². The standard InChI is InChI=1S/B7O/c1-3-4-5-6-7-8-2. The Morgan fingerprint density at radius 3 is 2.38 bits per heavy atom. The van der Waals surface area contributed by atoms with E-state index in [1.54, 1.807) is 20.1 Å². The van der Waals surface area contributed by atoms with Crippen molar-refractivity contribution in [3.63, 3.8) is 0 Å². The van der Waals surface area contributed by atoms with Gasteiger partial charge in [-0.1, -0.05) is 0 Å². The Labute approximate surface area is 54.5 Å².